The minimum Gasteiger partial charge on any atom is -0.482 e. The molecular formula is C18H17BrN2O3. The second-order valence-corrected chi connectivity index (χ2v) is 6.44. The molecule has 0 aliphatic carbocycles. The molecule has 1 aliphatic heterocycles. The molecule has 2 amide bonds. The van der Waals surface area contributed by atoms with E-state index in [0.717, 1.165) is 15.7 Å². The first-order chi connectivity index (χ1) is 11.5. The van der Waals surface area contributed by atoms with Gasteiger partial charge in [0, 0.05) is 17.4 Å². The van der Waals surface area contributed by atoms with Crippen molar-refractivity contribution in [1.82, 2.24) is 0 Å². The monoisotopic (exact) mass is 388 g/mol. The Labute approximate surface area is 148 Å². The van der Waals surface area contributed by atoms with Gasteiger partial charge < -0.3 is 15.0 Å². The van der Waals surface area contributed by atoms with E-state index in [0.29, 0.717) is 18.0 Å². The van der Waals surface area contributed by atoms with E-state index in [2.05, 4.69) is 21.2 Å². The third kappa shape index (κ3) is 3.59. The molecule has 1 aliphatic rings. The predicted molar refractivity (Wildman–Crippen MR) is 96.4 cm³/mol. The number of hydrogen-bond donors (Lipinski definition) is 1. The molecule has 3 rings (SSSR count). The van der Waals surface area contributed by atoms with Crippen molar-refractivity contribution in [2.45, 2.75) is 13.3 Å². The number of nitrogens with zero attached hydrogens (tertiary/aromatic N) is 1. The number of hydrogen-bond acceptors (Lipinski definition) is 3. The Morgan fingerprint density at radius 3 is 2.88 bits per heavy atom. The molecule has 124 valence electrons. The zero-order chi connectivity index (χ0) is 17.1. The van der Waals surface area contributed by atoms with E-state index >= 15 is 0 Å². The van der Waals surface area contributed by atoms with Gasteiger partial charge in [-0.05, 0) is 52.7 Å². The summed E-state index contributed by atoms with van der Waals surface area (Å²) in [6.45, 7) is 2.30. The van der Waals surface area contributed by atoms with Crippen LogP contribution in [-0.4, -0.2) is 25.0 Å². The van der Waals surface area contributed by atoms with E-state index in [4.69, 9.17) is 4.74 Å². The maximum atomic E-state index is 12.2. The maximum Gasteiger partial charge on any atom is 0.265 e. The fourth-order valence-electron chi connectivity index (χ4n) is 2.55. The molecule has 0 saturated heterocycles. The summed E-state index contributed by atoms with van der Waals surface area (Å²) < 4.78 is 6.23. The third-order valence-electron chi connectivity index (χ3n) is 3.77. The highest BCUT2D eigenvalue weighted by Crippen LogP contribution is 2.31. The first-order valence-corrected chi connectivity index (χ1v) is 8.42. The predicted octanol–water partition coefficient (Wildman–Crippen LogP) is 3.51. The van der Waals surface area contributed by atoms with E-state index in [1.54, 1.807) is 4.90 Å². The largest absolute Gasteiger partial charge is 0.482 e. The number of aryl methyl sites for hydroxylation is 1. The first kappa shape index (κ1) is 16.5. The van der Waals surface area contributed by atoms with Gasteiger partial charge in [0.1, 0.15) is 5.75 Å². The zero-order valence-electron chi connectivity index (χ0n) is 13.2. The number of anilines is 2. The number of amides is 2. The van der Waals surface area contributed by atoms with Crippen molar-refractivity contribution in [3.63, 3.8) is 0 Å². The number of nitrogens with one attached hydrogen (secondary N) is 1. The SMILES string of the molecule is Cc1ccc(NC(=O)CCN2C(=O)COc3ccccc32)c(Br)c1. The Balaban J connectivity index is 1.65. The molecule has 1 N–H and O–H groups in total. The molecule has 5 nitrogen and oxygen atoms in total. The molecule has 0 aromatic heterocycles. The van der Waals surface area contributed by atoms with E-state index in [-0.39, 0.29) is 24.8 Å². The van der Waals surface area contributed by atoms with Crippen LogP contribution < -0.4 is 15.0 Å². The molecule has 0 atom stereocenters. The van der Waals surface area contributed by atoms with Gasteiger partial charge in [-0.25, -0.2) is 0 Å². The van der Waals surface area contributed by atoms with Gasteiger partial charge in [0.05, 0.1) is 11.4 Å². The summed E-state index contributed by atoms with van der Waals surface area (Å²) in [5.74, 6) is 0.383. The lowest BCUT2D eigenvalue weighted by atomic mass is 10.2. The van der Waals surface area contributed by atoms with Crippen molar-refractivity contribution in [2.75, 3.05) is 23.4 Å². The molecule has 6 heteroatoms. The van der Waals surface area contributed by atoms with Crippen LogP contribution in [0.4, 0.5) is 11.4 Å². The van der Waals surface area contributed by atoms with Crippen LogP contribution in [0.2, 0.25) is 0 Å². The molecule has 0 spiro atoms. The summed E-state index contributed by atoms with van der Waals surface area (Å²) in [5, 5.41) is 2.86. The molecule has 1 heterocycles. The highest BCUT2D eigenvalue weighted by molar-refractivity contribution is 9.10. The van der Waals surface area contributed by atoms with Gasteiger partial charge >= 0.3 is 0 Å². The lowest BCUT2D eigenvalue weighted by molar-refractivity contribution is -0.121. The van der Waals surface area contributed by atoms with Gasteiger partial charge in [-0.3, -0.25) is 9.59 Å². The van der Waals surface area contributed by atoms with Crippen LogP contribution in [-0.2, 0) is 9.59 Å². The summed E-state index contributed by atoms with van der Waals surface area (Å²) in [6, 6.07) is 13.1. The number of para-hydroxylation sites is 2. The van der Waals surface area contributed by atoms with Crippen LogP contribution in [0.3, 0.4) is 0 Å². The number of halogens is 1. The second-order valence-electron chi connectivity index (χ2n) is 5.58. The summed E-state index contributed by atoms with van der Waals surface area (Å²) in [7, 11) is 0. The van der Waals surface area contributed by atoms with Crippen LogP contribution in [0.1, 0.15) is 12.0 Å². The molecule has 0 bridgehead atoms. The third-order valence-corrected chi connectivity index (χ3v) is 4.43. The smallest absolute Gasteiger partial charge is 0.265 e. The van der Waals surface area contributed by atoms with E-state index in [9.17, 15) is 9.59 Å². The summed E-state index contributed by atoms with van der Waals surface area (Å²) in [6.07, 6.45) is 0.209. The molecule has 0 unspecified atom stereocenters. The maximum absolute atomic E-state index is 12.2. The van der Waals surface area contributed by atoms with Crippen molar-refractivity contribution in [3.05, 3.63) is 52.5 Å². The Hall–Kier alpha value is -2.34. The fourth-order valence-corrected chi connectivity index (χ4v) is 3.14. The van der Waals surface area contributed by atoms with Crippen LogP contribution in [0.5, 0.6) is 5.75 Å². The Morgan fingerprint density at radius 1 is 1.29 bits per heavy atom. The highest BCUT2D eigenvalue weighted by Gasteiger charge is 2.25. The zero-order valence-corrected chi connectivity index (χ0v) is 14.8. The fraction of sp³-hybridized carbons (Fsp3) is 0.222. The lowest BCUT2D eigenvalue weighted by Crippen LogP contribution is -2.40. The minimum absolute atomic E-state index is 0.00213. The van der Waals surface area contributed by atoms with Gasteiger partial charge in [-0.2, -0.15) is 0 Å². The number of carbonyl (C=O) groups excluding carboxylic acids is 2. The standard InChI is InChI=1S/C18H17BrN2O3/c1-12-6-7-14(13(19)10-12)20-17(22)8-9-21-15-4-2-3-5-16(15)24-11-18(21)23/h2-7,10H,8-9,11H2,1H3,(H,20,22). The van der Waals surface area contributed by atoms with Gasteiger partial charge in [0.15, 0.2) is 6.61 Å². The molecule has 24 heavy (non-hydrogen) atoms. The van der Waals surface area contributed by atoms with Crippen molar-refractivity contribution in [2.24, 2.45) is 0 Å². The van der Waals surface area contributed by atoms with Gasteiger partial charge in [-0.1, -0.05) is 18.2 Å². The molecule has 0 fully saturated rings. The summed E-state index contributed by atoms with van der Waals surface area (Å²) in [4.78, 5) is 25.9. The Kier molecular flexibility index (Phi) is 4.85. The van der Waals surface area contributed by atoms with E-state index in [1.165, 1.54) is 0 Å². The molecule has 0 radical (unpaired) electrons. The molecular weight excluding hydrogens is 372 g/mol. The minimum atomic E-state index is -0.142. The van der Waals surface area contributed by atoms with Gasteiger partial charge in [-0.15, -0.1) is 0 Å². The Bertz CT molecular complexity index is 792. The van der Waals surface area contributed by atoms with Crippen molar-refractivity contribution in [3.8, 4) is 5.75 Å². The van der Waals surface area contributed by atoms with Crippen LogP contribution >= 0.6 is 15.9 Å². The quantitative estimate of drug-likeness (QED) is 0.871. The topological polar surface area (TPSA) is 58.6 Å². The molecule has 2 aromatic rings. The lowest BCUT2D eigenvalue weighted by Gasteiger charge is -2.29. The van der Waals surface area contributed by atoms with Crippen LogP contribution in [0.25, 0.3) is 0 Å². The van der Waals surface area contributed by atoms with Crippen molar-refractivity contribution < 1.29 is 14.3 Å². The Morgan fingerprint density at radius 2 is 2.08 bits per heavy atom. The van der Waals surface area contributed by atoms with Crippen molar-refractivity contribution in [1.29, 1.82) is 0 Å². The van der Waals surface area contributed by atoms with Crippen LogP contribution in [0, 0.1) is 6.92 Å². The summed E-state index contributed by atoms with van der Waals surface area (Å²) in [5.41, 5.74) is 2.53. The van der Waals surface area contributed by atoms with Gasteiger partial charge in [0.25, 0.3) is 5.91 Å². The van der Waals surface area contributed by atoms with Crippen LogP contribution in [0.15, 0.2) is 46.9 Å². The number of fused-ring (bicyclic) bond motifs is 1. The average Bonchev–Trinajstić information content (AvgIpc) is 2.56. The van der Waals surface area contributed by atoms with E-state index < -0.39 is 0 Å². The van der Waals surface area contributed by atoms with Crippen molar-refractivity contribution >= 4 is 39.1 Å². The highest BCUT2D eigenvalue weighted by atomic mass is 79.9. The number of benzene rings is 2. The number of ether oxygens (including phenoxy) is 1. The second kappa shape index (κ2) is 7.05. The normalized spacial score (nSPS) is 13.2. The molecule has 0 saturated carbocycles. The first-order valence-electron chi connectivity index (χ1n) is 7.63. The summed E-state index contributed by atoms with van der Waals surface area (Å²) >= 11 is 3.44. The molecule has 2 aromatic carbocycles. The number of rotatable bonds is 4. The van der Waals surface area contributed by atoms with E-state index in [1.807, 2.05) is 49.4 Å². The van der Waals surface area contributed by atoms with Gasteiger partial charge in [0.2, 0.25) is 5.91 Å². The number of carbonyl (C=O) groups is 2. The average molecular weight is 389 g/mol.